The largest absolute Gasteiger partial charge is 0.489 e. The molecule has 1 aromatic heterocycles. The summed E-state index contributed by atoms with van der Waals surface area (Å²) in [5, 5.41) is 5.25. The van der Waals surface area contributed by atoms with E-state index in [9.17, 15) is 9.59 Å². The highest BCUT2D eigenvalue weighted by molar-refractivity contribution is 5.96. The van der Waals surface area contributed by atoms with Crippen molar-refractivity contribution in [3.8, 4) is 5.75 Å². The van der Waals surface area contributed by atoms with Crippen LogP contribution in [0.2, 0.25) is 0 Å². The van der Waals surface area contributed by atoms with Crippen LogP contribution in [-0.4, -0.2) is 28.6 Å². The second-order valence-electron chi connectivity index (χ2n) is 7.03. The predicted octanol–water partition coefficient (Wildman–Crippen LogP) is 3.51. The Labute approximate surface area is 159 Å². The van der Waals surface area contributed by atoms with Gasteiger partial charge < -0.3 is 20.1 Å². The number of alkyl carbamates (subject to hydrolysis) is 1. The summed E-state index contributed by atoms with van der Waals surface area (Å²) in [6.07, 6.45) is 2.79. The molecule has 7 nitrogen and oxygen atoms in total. The van der Waals surface area contributed by atoms with Crippen LogP contribution < -0.4 is 15.4 Å². The lowest BCUT2D eigenvalue weighted by Gasteiger charge is -2.21. The third kappa shape index (κ3) is 7.35. The van der Waals surface area contributed by atoms with Crippen LogP contribution in [0.3, 0.4) is 0 Å². The molecule has 0 saturated carbocycles. The Morgan fingerprint density at radius 3 is 2.63 bits per heavy atom. The zero-order chi connectivity index (χ0) is 19.9. The topological polar surface area (TPSA) is 89.5 Å². The molecule has 2 rings (SSSR count). The normalized spacial score (nSPS) is 12.0. The molecular formula is C20H25N3O4. The van der Waals surface area contributed by atoms with Crippen molar-refractivity contribution in [2.45, 2.75) is 45.9 Å². The van der Waals surface area contributed by atoms with Gasteiger partial charge in [0.2, 0.25) is 5.91 Å². The molecule has 2 aromatic rings. The van der Waals surface area contributed by atoms with Crippen molar-refractivity contribution in [3.63, 3.8) is 0 Å². The second kappa shape index (κ2) is 9.02. The standard InChI is InChI=1S/C20H25N3O4/c1-14(22-19(25)27-20(2,3)4)18(24)23-16-8-5-9-17(11-16)26-13-15-7-6-10-21-12-15/h5-12,14H,13H2,1-4H3,(H,22,25)(H,23,24)/t14-/m1/s1. The number of anilines is 1. The van der Waals surface area contributed by atoms with Crippen molar-refractivity contribution in [1.29, 1.82) is 0 Å². The highest BCUT2D eigenvalue weighted by Crippen LogP contribution is 2.19. The number of rotatable bonds is 6. The summed E-state index contributed by atoms with van der Waals surface area (Å²) in [5.74, 6) is 0.259. The van der Waals surface area contributed by atoms with Gasteiger partial charge >= 0.3 is 6.09 Å². The number of hydrogen-bond acceptors (Lipinski definition) is 5. The van der Waals surface area contributed by atoms with E-state index in [1.165, 1.54) is 0 Å². The van der Waals surface area contributed by atoms with E-state index < -0.39 is 17.7 Å². The molecule has 0 radical (unpaired) electrons. The molecule has 144 valence electrons. The maximum absolute atomic E-state index is 12.3. The van der Waals surface area contributed by atoms with Gasteiger partial charge in [-0.2, -0.15) is 0 Å². The van der Waals surface area contributed by atoms with Gasteiger partial charge in [-0.3, -0.25) is 9.78 Å². The lowest BCUT2D eigenvalue weighted by molar-refractivity contribution is -0.117. The number of pyridine rings is 1. The molecule has 0 aliphatic heterocycles. The third-order valence-corrected chi connectivity index (χ3v) is 3.36. The fourth-order valence-electron chi connectivity index (χ4n) is 2.11. The lowest BCUT2D eigenvalue weighted by Crippen LogP contribution is -2.43. The Balaban J connectivity index is 1.89. The van der Waals surface area contributed by atoms with Crippen molar-refractivity contribution < 1.29 is 19.1 Å². The van der Waals surface area contributed by atoms with E-state index in [0.29, 0.717) is 18.0 Å². The third-order valence-electron chi connectivity index (χ3n) is 3.36. The highest BCUT2D eigenvalue weighted by atomic mass is 16.6. The van der Waals surface area contributed by atoms with Crippen LogP contribution >= 0.6 is 0 Å². The minimum atomic E-state index is -0.750. The van der Waals surface area contributed by atoms with Crippen molar-refractivity contribution >= 4 is 17.7 Å². The van der Waals surface area contributed by atoms with Gasteiger partial charge in [0.1, 0.15) is 24.0 Å². The molecular weight excluding hydrogens is 346 g/mol. The molecule has 0 saturated heterocycles. The fraction of sp³-hybridized carbons (Fsp3) is 0.350. The van der Waals surface area contributed by atoms with Crippen molar-refractivity contribution in [2.24, 2.45) is 0 Å². The number of benzene rings is 1. The van der Waals surface area contributed by atoms with E-state index >= 15 is 0 Å². The minimum absolute atomic E-state index is 0.356. The Bertz CT molecular complexity index is 772. The first kappa shape index (κ1) is 20.2. The lowest BCUT2D eigenvalue weighted by atomic mass is 10.2. The smallest absolute Gasteiger partial charge is 0.408 e. The molecule has 0 aliphatic carbocycles. The van der Waals surface area contributed by atoms with Crippen molar-refractivity contribution in [3.05, 3.63) is 54.4 Å². The van der Waals surface area contributed by atoms with Gasteiger partial charge in [-0.05, 0) is 45.9 Å². The number of carbonyl (C=O) groups is 2. The molecule has 7 heteroatoms. The van der Waals surface area contributed by atoms with Gasteiger partial charge in [0.25, 0.3) is 0 Å². The second-order valence-corrected chi connectivity index (χ2v) is 7.03. The van der Waals surface area contributed by atoms with Gasteiger partial charge in [0, 0.05) is 29.7 Å². The van der Waals surface area contributed by atoms with E-state index in [2.05, 4.69) is 15.6 Å². The van der Waals surface area contributed by atoms with Gasteiger partial charge in [-0.15, -0.1) is 0 Å². The predicted molar refractivity (Wildman–Crippen MR) is 102 cm³/mol. The summed E-state index contributed by atoms with van der Waals surface area (Å²) >= 11 is 0. The first-order valence-electron chi connectivity index (χ1n) is 8.65. The maximum Gasteiger partial charge on any atom is 0.408 e. The van der Waals surface area contributed by atoms with Gasteiger partial charge in [-0.1, -0.05) is 12.1 Å². The van der Waals surface area contributed by atoms with E-state index in [4.69, 9.17) is 9.47 Å². The first-order chi connectivity index (χ1) is 12.7. The Kier molecular flexibility index (Phi) is 6.76. The summed E-state index contributed by atoms with van der Waals surface area (Å²) < 4.78 is 10.9. The Morgan fingerprint density at radius 2 is 1.96 bits per heavy atom. The highest BCUT2D eigenvalue weighted by Gasteiger charge is 2.21. The maximum atomic E-state index is 12.3. The van der Waals surface area contributed by atoms with E-state index in [-0.39, 0.29) is 5.91 Å². The molecule has 2 N–H and O–H groups in total. The summed E-state index contributed by atoms with van der Waals surface area (Å²) in [6.45, 7) is 7.24. The number of amides is 2. The summed E-state index contributed by atoms with van der Waals surface area (Å²) in [4.78, 5) is 28.1. The summed E-state index contributed by atoms with van der Waals surface area (Å²) in [5.41, 5.74) is 0.892. The zero-order valence-electron chi connectivity index (χ0n) is 16.0. The number of aromatic nitrogens is 1. The van der Waals surface area contributed by atoms with Crippen LogP contribution in [0, 0.1) is 0 Å². The van der Waals surface area contributed by atoms with E-state index in [0.717, 1.165) is 5.56 Å². The van der Waals surface area contributed by atoms with Crippen LogP contribution in [0.4, 0.5) is 10.5 Å². The average molecular weight is 371 g/mol. The number of nitrogens with zero attached hydrogens (tertiary/aromatic N) is 1. The number of ether oxygens (including phenoxy) is 2. The Morgan fingerprint density at radius 1 is 1.19 bits per heavy atom. The SMILES string of the molecule is C[C@@H](NC(=O)OC(C)(C)C)C(=O)Nc1cccc(OCc2cccnc2)c1. The molecule has 2 amide bonds. The van der Waals surface area contributed by atoms with Crippen LogP contribution in [0.1, 0.15) is 33.3 Å². The molecule has 0 fully saturated rings. The van der Waals surface area contributed by atoms with Crippen LogP contribution in [-0.2, 0) is 16.1 Å². The zero-order valence-corrected chi connectivity index (χ0v) is 16.0. The quantitative estimate of drug-likeness (QED) is 0.811. The molecule has 1 atom stereocenters. The first-order valence-corrected chi connectivity index (χ1v) is 8.65. The molecule has 27 heavy (non-hydrogen) atoms. The van der Waals surface area contributed by atoms with Crippen LogP contribution in [0.15, 0.2) is 48.8 Å². The van der Waals surface area contributed by atoms with Crippen LogP contribution in [0.5, 0.6) is 5.75 Å². The van der Waals surface area contributed by atoms with E-state index in [1.807, 2.05) is 12.1 Å². The van der Waals surface area contributed by atoms with Crippen molar-refractivity contribution in [2.75, 3.05) is 5.32 Å². The summed E-state index contributed by atoms with van der Waals surface area (Å²) in [7, 11) is 0. The summed E-state index contributed by atoms with van der Waals surface area (Å²) in [6, 6.07) is 10.1. The molecule has 0 bridgehead atoms. The number of nitrogens with one attached hydrogen (secondary N) is 2. The van der Waals surface area contributed by atoms with Crippen molar-refractivity contribution in [1.82, 2.24) is 10.3 Å². The molecule has 0 spiro atoms. The fourth-order valence-corrected chi connectivity index (χ4v) is 2.11. The van der Waals surface area contributed by atoms with Gasteiger partial charge in [0.15, 0.2) is 0 Å². The minimum Gasteiger partial charge on any atom is -0.489 e. The van der Waals surface area contributed by atoms with E-state index in [1.54, 1.807) is 64.4 Å². The molecule has 1 heterocycles. The van der Waals surface area contributed by atoms with Gasteiger partial charge in [-0.25, -0.2) is 4.79 Å². The molecule has 0 aliphatic rings. The Hall–Kier alpha value is -3.09. The average Bonchev–Trinajstić information content (AvgIpc) is 2.59. The van der Waals surface area contributed by atoms with Crippen LogP contribution in [0.25, 0.3) is 0 Å². The monoisotopic (exact) mass is 371 g/mol. The molecule has 0 unspecified atom stereocenters. The molecule has 1 aromatic carbocycles. The number of hydrogen-bond donors (Lipinski definition) is 2. The van der Waals surface area contributed by atoms with Gasteiger partial charge in [0.05, 0.1) is 0 Å². The number of carbonyl (C=O) groups excluding carboxylic acids is 2.